The molecule has 1 fully saturated rings. The largest absolute Gasteiger partial charge is 0.396 e. The van der Waals surface area contributed by atoms with Gasteiger partial charge in [-0.2, -0.15) is 0 Å². The monoisotopic (exact) mass is 215 g/mol. The number of hydrogen-bond acceptors (Lipinski definition) is 3. The van der Waals surface area contributed by atoms with Gasteiger partial charge in [0.15, 0.2) is 0 Å². The van der Waals surface area contributed by atoms with E-state index in [1.165, 1.54) is 0 Å². The van der Waals surface area contributed by atoms with Gasteiger partial charge in [-0.25, -0.2) is 0 Å². The Morgan fingerprint density at radius 1 is 1.47 bits per heavy atom. The van der Waals surface area contributed by atoms with Crippen LogP contribution in [0.4, 0.5) is 0 Å². The average molecular weight is 215 g/mol. The molecular formula is C11H21NO3. The van der Waals surface area contributed by atoms with Crippen LogP contribution in [0, 0.1) is 5.92 Å². The third kappa shape index (κ3) is 4.18. The van der Waals surface area contributed by atoms with E-state index >= 15 is 0 Å². The van der Waals surface area contributed by atoms with Crippen LogP contribution in [0.2, 0.25) is 0 Å². The number of hydrogen-bond donors (Lipinski definition) is 3. The lowest BCUT2D eigenvalue weighted by atomic mass is 9.97. The number of carbonyl (C=O) groups is 1. The maximum atomic E-state index is 11.5. The maximum absolute atomic E-state index is 11.5. The zero-order chi connectivity index (χ0) is 11.3. The second kappa shape index (κ2) is 5.47. The molecule has 1 aliphatic carbocycles. The third-order valence-electron chi connectivity index (χ3n) is 2.98. The molecule has 4 nitrogen and oxygen atoms in total. The van der Waals surface area contributed by atoms with E-state index in [0.717, 1.165) is 25.7 Å². The summed E-state index contributed by atoms with van der Waals surface area (Å²) in [6, 6.07) is 0. The molecule has 1 unspecified atom stereocenters. The van der Waals surface area contributed by atoms with Gasteiger partial charge in [-0.15, -0.1) is 0 Å². The zero-order valence-corrected chi connectivity index (χ0v) is 9.33. The first-order valence-electron chi connectivity index (χ1n) is 5.66. The molecule has 1 amide bonds. The Morgan fingerprint density at radius 2 is 2.07 bits per heavy atom. The Balaban J connectivity index is 2.23. The summed E-state index contributed by atoms with van der Waals surface area (Å²) in [5.41, 5.74) is -0.771. The van der Waals surface area contributed by atoms with Crippen molar-refractivity contribution in [2.45, 2.75) is 44.6 Å². The van der Waals surface area contributed by atoms with E-state index in [4.69, 9.17) is 5.11 Å². The highest BCUT2D eigenvalue weighted by Crippen LogP contribution is 2.32. The molecule has 88 valence electrons. The van der Waals surface area contributed by atoms with E-state index in [1.807, 2.05) is 6.92 Å². The van der Waals surface area contributed by atoms with Crippen molar-refractivity contribution in [2.24, 2.45) is 5.92 Å². The van der Waals surface area contributed by atoms with Crippen LogP contribution in [0.5, 0.6) is 0 Å². The standard InChI is InChI=1S/C11H21NO3/c1-9(8-13)7-12-10(14)6-11(15)4-2-3-5-11/h9,13,15H,2-8H2,1H3,(H,12,14). The molecule has 0 aromatic heterocycles. The lowest BCUT2D eigenvalue weighted by Gasteiger charge is -2.21. The van der Waals surface area contributed by atoms with Gasteiger partial charge in [-0.1, -0.05) is 19.8 Å². The first-order chi connectivity index (χ1) is 7.06. The Morgan fingerprint density at radius 3 is 2.60 bits per heavy atom. The first-order valence-corrected chi connectivity index (χ1v) is 5.66. The topological polar surface area (TPSA) is 69.6 Å². The van der Waals surface area contributed by atoms with Crippen molar-refractivity contribution in [1.29, 1.82) is 0 Å². The first kappa shape index (κ1) is 12.5. The molecular weight excluding hydrogens is 194 g/mol. The van der Waals surface area contributed by atoms with Crippen LogP contribution in [0.15, 0.2) is 0 Å². The molecule has 0 spiro atoms. The summed E-state index contributed by atoms with van der Waals surface area (Å²) in [7, 11) is 0. The number of amides is 1. The summed E-state index contributed by atoms with van der Waals surface area (Å²) in [6.07, 6.45) is 3.69. The van der Waals surface area contributed by atoms with E-state index in [1.54, 1.807) is 0 Å². The minimum atomic E-state index is -0.771. The molecule has 4 heteroatoms. The van der Waals surface area contributed by atoms with Crippen molar-refractivity contribution < 1.29 is 15.0 Å². The van der Waals surface area contributed by atoms with Gasteiger partial charge in [-0.05, 0) is 18.8 Å². The SMILES string of the molecule is CC(CO)CNC(=O)CC1(O)CCCC1. The second-order valence-corrected chi connectivity index (χ2v) is 4.70. The van der Waals surface area contributed by atoms with Crippen molar-refractivity contribution in [1.82, 2.24) is 5.32 Å². The highest BCUT2D eigenvalue weighted by Gasteiger charge is 2.33. The molecule has 3 N–H and O–H groups in total. The van der Waals surface area contributed by atoms with Crippen LogP contribution in [0.1, 0.15) is 39.0 Å². The molecule has 0 aromatic carbocycles. The second-order valence-electron chi connectivity index (χ2n) is 4.70. The molecule has 1 aliphatic rings. The van der Waals surface area contributed by atoms with Gasteiger partial charge in [0.25, 0.3) is 0 Å². The lowest BCUT2D eigenvalue weighted by molar-refractivity contribution is -0.126. The fourth-order valence-electron chi connectivity index (χ4n) is 1.92. The number of carbonyl (C=O) groups excluding carboxylic acids is 1. The van der Waals surface area contributed by atoms with Crippen LogP contribution < -0.4 is 5.32 Å². The summed E-state index contributed by atoms with van der Waals surface area (Å²) < 4.78 is 0. The minimum absolute atomic E-state index is 0.0740. The summed E-state index contributed by atoms with van der Waals surface area (Å²) in [5, 5.41) is 21.5. The molecule has 1 atom stereocenters. The van der Waals surface area contributed by atoms with Gasteiger partial charge in [-0.3, -0.25) is 4.79 Å². The summed E-state index contributed by atoms with van der Waals surface area (Å²) in [6.45, 7) is 2.42. The number of aliphatic hydroxyl groups excluding tert-OH is 1. The highest BCUT2D eigenvalue weighted by atomic mass is 16.3. The summed E-state index contributed by atoms with van der Waals surface area (Å²) >= 11 is 0. The van der Waals surface area contributed by atoms with Crippen molar-refractivity contribution in [3.05, 3.63) is 0 Å². The Labute approximate surface area is 90.7 Å². The van der Waals surface area contributed by atoms with Gasteiger partial charge in [0, 0.05) is 13.2 Å². The Kier molecular flexibility index (Phi) is 4.54. The lowest BCUT2D eigenvalue weighted by Crippen LogP contribution is -2.36. The zero-order valence-electron chi connectivity index (χ0n) is 9.33. The van der Waals surface area contributed by atoms with Crippen LogP contribution >= 0.6 is 0 Å². The Hall–Kier alpha value is -0.610. The number of rotatable bonds is 5. The van der Waals surface area contributed by atoms with E-state index in [9.17, 15) is 9.90 Å². The average Bonchev–Trinajstić information content (AvgIpc) is 2.61. The predicted molar refractivity (Wildman–Crippen MR) is 57.3 cm³/mol. The maximum Gasteiger partial charge on any atom is 0.222 e. The van der Waals surface area contributed by atoms with Gasteiger partial charge < -0.3 is 15.5 Å². The van der Waals surface area contributed by atoms with Crippen molar-refractivity contribution in [3.8, 4) is 0 Å². The number of aliphatic hydroxyl groups is 2. The third-order valence-corrected chi connectivity index (χ3v) is 2.98. The molecule has 1 rings (SSSR count). The molecule has 0 heterocycles. The minimum Gasteiger partial charge on any atom is -0.396 e. The van der Waals surface area contributed by atoms with Gasteiger partial charge in [0.1, 0.15) is 0 Å². The fourth-order valence-corrected chi connectivity index (χ4v) is 1.92. The van der Waals surface area contributed by atoms with E-state index in [-0.39, 0.29) is 24.9 Å². The van der Waals surface area contributed by atoms with Crippen molar-refractivity contribution in [2.75, 3.05) is 13.2 Å². The number of nitrogens with one attached hydrogen (secondary N) is 1. The van der Waals surface area contributed by atoms with Gasteiger partial charge >= 0.3 is 0 Å². The fraction of sp³-hybridized carbons (Fsp3) is 0.909. The summed E-state index contributed by atoms with van der Waals surface area (Å²) in [5.74, 6) is -0.0353. The van der Waals surface area contributed by atoms with Crippen molar-refractivity contribution >= 4 is 5.91 Å². The Bertz CT molecular complexity index is 212. The van der Waals surface area contributed by atoms with Crippen LogP contribution in [0.3, 0.4) is 0 Å². The predicted octanol–water partition coefficient (Wildman–Crippen LogP) is 0.426. The van der Waals surface area contributed by atoms with Crippen molar-refractivity contribution in [3.63, 3.8) is 0 Å². The quantitative estimate of drug-likeness (QED) is 0.622. The highest BCUT2D eigenvalue weighted by molar-refractivity contribution is 5.77. The van der Waals surface area contributed by atoms with Gasteiger partial charge in [0.2, 0.25) is 5.91 Å². The van der Waals surface area contributed by atoms with Crippen LogP contribution in [-0.2, 0) is 4.79 Å². The molecule has 15 heavy (non-hydrogen) atoms. The molecule has 0 aliphatic heterocycles. The van der Waals surface area contributed by atoms with E-state index in [0.29, 0.717) is 6.54 Å². The molecule has 0 aromatic rings. The molecule has 0 saturated heterocycles. The van der Waals surface area contributed by atoms with Crippen LogP contribution in [0.25, 0.3) is 0 Å². The van der Waals surface area contributed by atoms with Crippen LogP contribution in [-0.4, -0.2) is 34.9 Å². The normalized spacial score (nSPS) is 21.3. The molecule has 0 radical (unpaired) electrons. The smallest absolute Gasteiger partial charge is 0.222 e. The summed E-state index contributed by atoms with van der Waals surface area (Å²) in [4.78, 5) is 11.5. The molecule has 1 saturated carbocycles. The van der Waals surface area contributed by atoms with E-state index < -0.39 is 5.60 Å². The van der Waals surface area contributed by atoms with E-state index in [2.05, 4.69) is 5.32 Å². The van der Waals surface area contributed by atoms with Gasteiger partial charge in [0.05, 0.1) is 12.0 Å². The molecule has 0 bridgehead atoms.